The first-order valence-corrected chi connectivity index (χ1v) is 7.39. The number of carbonyl (C=O) groups excluding carboxylic acids is 1. The summed E-state index contributed by atoms with van der Waals surface area (Å²) in [6.07, 6.45) is 4.47. The van der Waals surface area contributed by atoms with Crippen LogP contribution in [0.25, 0.3) is 0 Å². The Labute approximate surface area is 129 Å². The second-order valence-electron chi connectivity index (χ2n) is 5.60. The van der Waals surface area contributed by atoms with Crippen molar-refractivity contribution >= 4 is 17.3 Å². The Morgan fingerprint density at radius 3 is 2.82 bits per heavy atom. The number of benzene rings is 1. The lowest BCUT2D eigenvalue weighted by molar-refractivity contribution is -0.385. The van der Waals surface area contributed by atoms with Crippen molar-refractivity contribution in [3.8, 4) is 5.75 Å². The molecular weight excluding hydrogens is 286 g/mol. The minimum Gasteiger partial charge on any atom is -0.490 e. The van der Waals surface area contributed by atoms with Crippen LogP contribution in [0.4, 0.5) is 11.4 Å². The number of nitro benzene ring substituents is 1. The quantitative estimate of drug-likeness (QED) is 0.641. The maximum absolute atomic E-state index is 12.1. The number of carbonyl (C=O) groups is 1. The molecule has 2 atom stereocenters. The summed E-state index contributed by atoms with van der Waals surface area (Å²) >= 11 is 0. The summed E-state index contributed by atoms with van der Waals surface area (Å²) < 4.78 is 4.93. The van der Waals surface area contributed by atoms with Crippen LogP contribution in [0.15, 0.2) is 18.2 Å². The van der Waals surface area contributed by atoms with Gasteiger partial charge in [0, 0.05) is 24.2 Å². The van der Waals surface area contributed by atoms with Crippen molar-refractivity contribution in [1.29, 1.82) is 0 Å². The van der Waals surface area contributed by atoms with Crippen LogP contribution in [0, 0.1) is 16.0 Å². The van der Waals surface area contributed by atoms with Crippen LogP contribution in [-0.2, 0) is 4.79 Å². The van der Waals surface area contributed by atoms with E-state index in [4.69, 9.17) is 10.5 Å². The predicted molar refractivity (Wildman–Crippen MR) is 82.8 cm³/mol. The smallest absolute Gasteiger partial charge is 0.312 e. The SMILES string of the molecule is COc1ccc(NC(=O)CC2CCCCC2N)cc1[N+](=O)[O-]. The van der Waals surface area contributed by atoms with Gasteiger partial charge in [0.25, 0.3) is 0 Å². The third kappa shape index (κ3) is 3.94. The van der Waals surface area contributed by atoms with E-state index in [2.05, 4.69) is 5.32 Å². The summed E-state index contributed by atoms with van der Waals surface area (Å²) in [4.78, 5) is 22.5. The molecule has 0 spiro atoms. The zero-order valence-electron chi connectivity index (χ0n) is 12.6. The highest BCUT2D eigenvalue weighted by atomic mass is 16.6. The van der Waals surface area contributed by atoms with Crippen LogP contribution in [0.3, 0.4) is 0 Å². The number of methoxy groups -OCH3 is 1. The van der Waals surface area contributed by atoms with Crippen LogP contribution >= 0.6 is 0 Å². The van der Waals surface area contributed by atoms with Gasteiger partial charge in [-0.3, -0.25) is 14.9 Å². The summed E-state index contributed by atoms with van der Waals surface area (Å²) in [5, 5.41) is 13.7. The third-order valence-electron chi connectivity index (χ3n) is 4.07. The number of nitrogens with two attached hydrogens (primary N) is 1. The van der Waals surface area contributed by atoms with E-state index in [1.807, 2.05) is 0 Å². The van der Waals surface area contributed by atoms with Gasteiger partial charge in [-0.05, 0) is 30.9 Å². The zero-order chi connectivity index (χ0) is 16.1. The van der Waals surface area contributed by atoms with Crippen LogP contribution in [-0.4, -0.2) is 24.0 Å². The zero-order valence-corrected chi connectivity index (χ0v) is 12.6. The highest BCUT2D eigenvalue weighted by Crippen LogP contribution is 2.30. The molecule has 7 heteroatoms. The number of ether oxygens (including phenoxy) is 1. The largest absolute Gasteiger partial charge is 0.490 e. The molecule has 1 aromatic carbocycles. The van der Waals surface area contributed by atoms with Gasteiger partial charge in [-0.1, -0.05) is 12.8 Å². The lowest BCUT2D eigenvalue weighted by atomic mass is 9.83. The lowest BCUT2D eigenvalue weighted by Gasteiger charge is -2.27. The lowest BCUT2D eigenvalue weighted by Crippen LogP contribution is -2.35. The van der Waals surface area contributed by atoms with Gasteiger partial charge in [-0.25, -0.2) is 0 Å². The van der Waals surface area contributed by atoms with Gasteiger partial charge < -0.3 is 15.8 Å². The van der Waals surface area contributed by atoms with Gasteiger partial charge in [0.05, 0.1) is 12.0 Å². The molecule has 1 amide bonds. The van der Waals surface area contributed by atoms with Crippen LogP contribution in [0.2, 0.25) is 0 Å². The first-order valence-electron chi connectivity index (χ1n) is 7.39. The van der Waals surface area contributed by atoms with E-state index < -0.39 is 4.92 Å². The monoisotopic (exact) mass is 307 g/mol. The summed E-state index contributed by atoms with van der Waals surface area (Å²) in [6.45, 7) is 0. The molecule has 0 bridgehead atoms. The number of hydrogen-bond acceptors (Lipinski definition) is 5. The molecule has 2 rings (SSSR count). The molecule has 0 saturated heterocycles. The second kappa shape index (κ2) is 7.22. The summed E-state index contributed by atoms with van der Waals surface area (Å²) in [6, 6.07) is 4.42. The minimum absolute atomic E-state index is 0.0599. The third-order valence-corrected chi connectivity index (χ3v) is 4.07. The number of hydrogen-bond donors (Lipinski definition) is 2. The van der Waals surface area contributed by atoms with E-state index in [0.717, 1.165) is 25.7 Å². The van der Waals surface area contributed by atoms with E-state index in [-0.39, 0.29) is 29.3 Å². The second-order valence-corrected chi connectivity index (χ2v) is 5.60. The molecule has 1 aliphatic carbocycles. The first kappa shape index (κ1) is 16.2. The van der Waals surface area contributed by atoms with E-state index in [1.165, 1.54) is 19.2 Å². The molecule has 1 fully saturated rings. The number of rotatable bonds is 5. The summed E-state index contributed by atoms with van der Waals surface area (Å²) in [7, 11) is 1.37. The molecule has 0 radical (unpaired) electrons. The molecule has 1 aromatic rings. The van der Waals surface area contributed by atoms with Gasteiger partial charge in [-0.15, -0.1) is 0 Å². The highest BCUT2D eigenvalue weighted by Gasteiger charge is 2.24. The first-order chi connectivity index (χ1) is 10.5. The van der Waals surface area contributed by atoms with Gasteiger partial charge in [-0.2, -0.15) is 0 Å². The normalized spacial score (nSPS) is 21.2. The van der Waals surface area contributed by atoms with Crippen LogP contribution in [0.5, 0.6) is 5.75 Å². The highest BCUT2D eigenvalue weighted by molar-refractivity contribution is 5.91. The maximum Gasteiger partial charge on any atom is 0.312 e. The van der Waals surface area contributed by atoms with Crippen molar-refractivity contribution in [2.45, 2.75) is 38.1 Å². The standard InChI is InChI=1S/C15H21N3O4/c1-22-14-7-6-11(9-13(14)18(20)21)17-15(19)8-10-4-2-3-5-12(10)16/h6-7,9-10,12H,2-5,8,16H2,1H3,(H,17,19). The van der Waals surface area contributed by atoms with Crippen molar-refractivity contribution < 1.29 is 14.5 Å². The Bertz CT molecular complexity index is 562. The topological polar surface area (TPSA) is 107 Å². The maximum atomic E-state index is 12.1. The Hall–Kier alpha value is -2.15. The number of nitrogens with one attached hydrogen (secondary N) is 1. The van der Waals surface area contributed by atoms with E-state index in [0.29, 0.717) is 12.1 Å². The molecular formula is C15H21N3O4. The molecule has 0 aliphatic heterocycles. The van der Waals surface area contributed by atoms with Crippen LogP contribution in [0.1, 0.15) is 32.1 Å². The molecule has 1 aliphatic rings. The number of amides is 1. The Morgan fingerprint density at radius 2 is 2.18 bits per heavy atom. The molecule has 3 N–H and O–H groups in total. The Kier molecular flexibility index (Phi) is 5.32. The molecule has 2 unspecified atom stereocenters. The average molecular weight is 307 g/mol. The van der Waals surface area contributed by atoms with Gasteiger partial charge in [0.2, 0.25) is 5.91 Å². The average Bonchev–Trinajstić information content (AvgIpc) is 2.49. The number of nitrogens with zero attached hydrogens (tertiary/aromatic N) is 1. The van der Waals surface area contributed by atoms with Crippen LogP contribution < -0.4 is 15.8 Å². The fourth-order valence-electron chi connectivity index (χ4n) is 2.85. The minimum atomic E-state index is -0.536. The molecule has 7 nitrogen and oxygen atoms in total. The number of anilines is 1. The fourth-order valence-corrected chi connectivity index (χ4v) is 2.85. The van der Waals surface area contributed by atoms with Crippen molar-refractivity contribution in [3.05, 3.63) is 28.3 Å². The molecule has 1 saturated carbocycles. The Morgan fingerprint density at radius 1 is 1.45 bits per heavy atom. The Balaban J connectivity index is 2.02. The molecule has 0 heterocycles. The van der Waals surface area contributed by atoms with Gasteiger partial charge >= 0.3 is 5.69 Å². The molecule has 120 valence electrons. The van der Waals surface area contributed by atoms with Crippen molar-refractivity contribution in [2.75, 3.05) is 12.4 Å². The van der Waals surface area contributed by atoms with Gasteiger partial charge in [0.15, 0.2) is 5.75 Å². The van der Waals surface area contributed by atoms with Crippen molar-refractivity contribution in [3.63, 3.8) is 0 Å². The predicted octanol–water partition coefficient (Wildman–Crippen LogP) is 2.45. The molecule has 0 aromatic heterocycles. The van der Waals surface area contributed by atoms with Crippen molar-refractivity contribution in [2.24, 2.45) is 11.7 Å². The van der Waals surface area contributed by atoms with E-state index >= 15 is 0 Å². The summed E-state index contributed by atoms with van der Waals surface area (Å²) in [5.74, 6) is 0.182. The number of nitro groups is 1. The van der Waals surface area contributed by atoms with Gasteiger partial charge in [0.1, 0.15) is 0 Å². The van der Waals surface area contributed by atoms with E-state index in [9.17, 15) is 14.9 Å². The summed E-state index contributed by atoms with van der Waals surface area (Å²) in [5.41, 5.74) is 6.26. The molecule has 22 heavy (non-hydrogen) atoms. The van der Waals surface area contributed by atoms with Crippen molar-refractivity contribution in [1.82, 2.24) is 0 Å². The van der Waals surface area contributed by atoms with E-state index in [1.54, 1.807) is 6.07 Å². The fraction of sp³-hybridized carbons (Fsp3) is 0.533.